The van der Waals surface area contributed by atoms with Gasteiger partial charge in [-0.3, -0.25) is 9.69 Å². The quantitative estimate of drug-likeness (QED) is 0.421. The predicted octanol–water partition coefficient (Wildman–Crippen LogP) is 2.16. The molecule has 4 saturated heterocycles. The van der Waals surface area contributed by atoms with Crippen LogP contribution in [0.25, 0.3) is 10.4 Å². The van der Waals surface area contributed by atoms with Crippen molar-refractivity contribution in [3.63, 3.8) is 0 Å². The van der Waals surface area contributed by atoms with Crippen molar-refractivity contribution in [3.8, 4) is 0 Å². The molecule has 1 amide bonds. The summed E-state index contributed by atoms with van der Waals surface area (Å²) in [5.74, 6) is 1.37. The number of fused-ring (bicyclic) bond motifs is 2. The van der Waals surface area contributed by atoms with E-state index in [9.17, 15) is 4.79 Å². The Morgan fingerprint density at radius 2 is 1.95 bits per heavy atom. The topological polar surface area (TPSA) is 72.3 Å². The van der Waals surface area contributed by atoms with Gasteiger partial charge in [0, 0.05) is 23.5 Å². The molecule has 0 aliphatic carbocycles. The number of azide groups is 1. The Morgan fingerprint density at radius 1 is 1.14 bits per heavy atom. The van der Waals surface area contributed by atoms with E-state index in [0.29, 0.717) is 23.9 Å². The van der Waals surface area contributed by atoms with E-state index in [2.05, 4.69) is 19.8 Å². The minimum atomic E-state index is -0.453. The Hall–Kier alpha value is -1.26. The molecule has 0 aromatic heterocycles. The Bertz CT molecular complexity index is 486. The van der Waals surface area contributed by atoms with Gasteiger partial charge in [0.1, 0.15) is 6.04 Å². The number of hydrogen-bond donors (Lipinski definition) is 0. The van der Waals surface area contributed by atoms with Gasteiger partial charge in [0.2, 0.25) is 5.91 Å². The lowest BCUT2D eigenvalue weighted by molar-refractivity contribution is -0.152. The fraction of sp³-hybridized carbons (Fsp3) is 0.933. The van der Waals surface area contributed by atoms with Crippen molar-refractivity contribution in [1.82, 2.24) is 9.80 Å². The van der Waals surface area contributed by atoms with Crippen LogP contribution >= 0.6 is 0 Å². The van der Waals surface area contributed by atoms with E-state index in [4.69, 9.17) is 5.53 Å². The number of amides is 1. The minimum absolute atomic E-state index is 0.0881. The molecular formula is C15H23N5O. The molecule has 21 heavy (non-hydrogen) atoms. The second kappa shape index (κ2) is 5.18. The molecule has 0 bridgehead atoms. The van der Waals surface area contributed by atoms with Gasteiger partial charge in [-0.1, -0.05) is 5.11 Å². The summed E-state index contributed by atoms with van der Waals surface area (Å²) in [5.41, 5.74) is 8.64. The average molecular weight is 289 g/mol. The van der Waals surface area contributed by atoms with E-state index in [0.717, 1.165) is 19.4 Å². The second-order valence-corrected chi connectivity index (χ2v) is 7.09. The van der Waals surface area contributed by atoms with Crippen LogP contribution in [0.15, 0.2) is 5.11 Å². The highest BCUT2D eigenvalue weighted by Gasteiger charge is 2.51. The maximum absolute atomic E-state index is 12.6. The van der Waals surface area contributed by atoms with E-state index < -0.39 is 6.04 Å². The SMILES string of the molecule is [N-]=[N+]=NC1CCC2C3CCCN4CCCC(CN2C1=O)C34. The highest BCUT2D eigenvalue weighted by atomic mass is 16.2. The summed E-state index contributed by atoms with van der Waals surface area (Å²) in [6, 6.07) is 0.647. The fourth-order valence-electron chi connectivity index (χ4n) is 5.43. The Morgan fingerprint density at radius 3 is 2.76 bits per heavy atom. The molecule has 0 aromatic carbocycles. The largest absolute Gasteiger partial charge is 0.339 e. The smallest absolute Gasteiger partial charge is 0.231 e. The van der Waals surface area contributed by atoms with Crippen LogP contribution in [0.2, 0.25) is 0 Å². The molecule has 0 aromatic rings. The van der Waals surface area contributed by atoms with E-state index in [1.807, 2.05) is 0 Å². The van der Waals surface area contributed by atoms with Gasteiger partial charge in [-0.05, 0) is 69.0 Å². The first-order valence-electron chi connectivity index (χ1n) is 8.38. The molecule has 6 nitrogen and oxygen atoms in total. The van der Waals surface area contributed by atoms with Crippen LogP contribution in [-0.4, -0.2) is 53.5 Å². The summed E-state index contributed by atoms with van der Waals surface area (Å²) in [7, 11) is 0. The second-order valence-electron chi connectivity index (χ2n) is 7.09. The summed E-state index contributed by atoms with van der Waals surface area (Å²) in [6.07, 6.45) is 6.79. The number of hydrogen-bond acceptors (Lipinski definition) is 3. The average Bonchev–Trinajstić information content (AvgIpc) is 2.51. The lowest BCUT2D eigenvalue weighted by Crippen LogP contribution is -2.67. The zero-order valence-corrected chi connectivity index (χ0v) is 12.4. The molecular weight excluding hydrogens is 266 g/mol. The molecule has 5 unspecified atom stereocenters. The highest BCUT2D eigenvalue weighted by Crippen LogP contribution is 2.44. The third kappa shape index (κ3) is 2.04. The number of nitrogens with zero attached hydrogens (tertiary/aromatic N) is 5. The van der Waals surface area contributed by atoms with Gasteiger partial charge in [0.15, 0.2) is 0 Å². The lowest BCUT2D eigenvalue weighted by Gasteiger charge is -2.59. The summed E-state index contributed by atoms with van der Waals surface area (Å²) in [6.45, 7) is 3.39. The lowest BCUT2D eigenvalue weighted by atomic mass is 9.68. The van der Waals surface area contributed by atoms with Crippen molar-refractivity contribution < 1.29 is 4.79 Å². The molecule has 4 fully saturated rings. The van der Waals surface area contributed by atoms with Crippen LogP contribution in [0.4, 0.5) is 0 Å². The molecule has 6 heteroatoms. The Kier molecular flexibility index (Phi) is 3.31. The minimum Gasteiger partial charge on any atom is -0.339 e. The van der Waals surface area contributed by atoms with Crippen molar-refractivity contribution in [2.24, 2.45) is 17.0 Å². The predicted molar refractivity (Wildman–Crippen MR) is 78.5 cm³/mol. The van der Waals surface area contributed by atoms with Gasteiger partial charge in [-0.15, -0.1) is 0 Å². The number of piperidine rings is 4. The Balaban J connectivity index is 1.62. The third-order valence-corrected chi connectivity index (χ3v) is 6.17. The number of rotatable bonds is 1. The normalized spacial score (nSPS) is 42.8. The van der Waals surface area contributed by atoms with Crippen LogP contribution in [0.5, 0.6) is 0 Å². The fourth-order valence-corrected chi connectivity index (χ4v) is 5.43. The summed E-state index contributed by atoms with van der Waals surface area (Å²) in [5, 5.41) is 3.72. The third-order valence-electron chi connectivity index (χ3n) is 6.17. The highest BCUT2D eigenvalue weighted by molar-refractivity contribution is 5.83. The van der Waals surface area contributed by atoms with Crippen LogP contribution in [0, 0.1) is 11.8 Å². The number of carbonyl (C=O) groups excluding carboxylic acids is 1. The molecule has 0 N–H and O–H groups in total. The van der Waals surface area contributed by atoms with E-state index in [-0.39, 0.29) is 5.91 Å². The van der Waals surface area contributed by atoms with E-state index in [1.54, 1.807) is 0 Å². The molecule has 0 radical (unpaired) electrons. The maximum Gasteiger partial charge on any atom is 0.231 e. The van der Waals surface area contributed by atoms with Crippen LogP contribution in [0.3, 0.4) is 0 Å². The molecule has 5 atom stereocenters. The molecule has 4 aliphatic rings. The summed E-state index contributed by atoms with van der Waals surface area (Å²) < 4.78 is 0. The maximum atomic E-state index is 12.6. The van der Waals surface area contributed by atoms with Crippen molar-refractivity contribution in [1.29, 1.82) is 0 Å². The van der Waals surface area contributed by atoms with Gasteiger partial charge >= 0.3 is 0 Å². The first-order valence-corrected chi connectivity index (χ1v) is 8.38. The number of carbonyl (C=O) groups is 1. The zero-order valence-electron chi connectivity index (χ0n) is 12.4. The monoisotopic (exact) mass is 289 g/mol. The van der Waals surface area contributed by atoms with Crippen LogP contribution < -0.4 is 0 Å². The summed E-state index contributed by atoms with van der Waals surface area (Å²) in [4.78, 5) is 20.3. The van der Waals surface area contributed by atoms with Crippen molar-refractivity contribution in [2.75, 3.05) is 19.6 Å². The van der Waals surface area contributed by atoms with Crippen LogP contribution in [0.1, 0.15) is 38.5 Å². The first-order chi connectivity index (χ1) is 10.3. The van der Waals surface area contributed by atoms with Gasteiger partial charge in [0.25, 0.3) is 0 Å². The van der Waals surface area contributed by atoms with E-state index >= 15 is 0 Å². The molecule has 4 aliphatic heterocycles. The molecule has 4 rings (SSSR count). The van der Waals surface area contributed by atoms with Gasteiger partial charge in [0.05, 0.1) is 0 Å². The molecule has 114 valence electrons. The first kappa shape index (κ1) is 13.4. The van der Waals surface area contributed by atoms with Gasteiger partial charge in [-0.25, -0.2) is 0 Å². The van der Waals surface area contributed by atoms with Gasteiger partial charge in [-0.2, -0.15) is 0 Å². The van der Waals surface area contributed by atoms with Crippen molar-refractivity contribution >= 4 is 5.91 Å². The standard InChI is InChI=1S/C15H23N5O/c16-18-17-12-5-6-13-11-4-2-8-19-7-1-3-10(14(11)19)9-20(13)15(12)21/h10-14H,1-9H2. The Labute approximate surface area is 125 Å². The van der Waals surface area contributed by atoms with E-state index in [1.165, 1.54) is 38.8 Å². The van der Waals surface area contributed by atoms with Crippen LogP contribution in [-0.2, 0) is 4.79 Å². The summed E-state index contributed by atoms with van der Waals surface area (Å²) >= 11 is 0. The van der Waals surface area contributed by atoms with Crippen molar-refractivity contribution in [3.05, 3.63) is 10.4 Å². The van der Waals surface area contributed by atoms with Gasteiger partial charge < -0.3 is 4.90 Å². The van der Waals surface area contributed by atoms with Crippen molar-refractivity contribution in [2.45, 2.75) is 56.7 Å². The molecule has 0 spiro atoms. The molecule has 4 heterocycles. The zero-order chi connectivity index (χ0) is 14.4. The molecule has 0 saturated carbocycles.